The largest absolute Gasteiger partial charge is 0.467 e. The average molecular weight is 263 g/mol. The predicted octanol–water partition coefficient (Wildman–Crippen LogP) is 1.84. The third kappa shape index (κ3) is 4.65. The number of rotatable bonds is 5. The van der Waals surface area contributed by atoms with Gasteiger partial charge in [-0.25, -0.2) is 4.79 Å². The summed E-state index contributed by atoms with van der Waals surface area (Å²) in [5.74, 6) is -0.299. The molecule has 0 aliphatic carbocycles. The zero-order valence-corrected chi connectivity index (χ0v) is 11.4. The van der Waals surface area contributed by atoms with Gasteiger partial charge < -0.3 is 9.47 Å². The third-order valence-corrected chi connectivity index (χ3v) is 3.45. The summed E-state index contributed by atoms with van der Waals surface area (Å²) in [6.07, 6.45) is 2.14. The van der Waals surface area contributed by atoms with E-state index >= 15 is 0 Å². The summed E-state index contributed by atoms with van der Waals surface area (Å²) in [7, 11) is 1.38. The zero-order chi connectivity index (χ0) is 13.5. The second-order valence-electron chi connectivity index (χ2n) is 4.85. The van der Waals surface area contributed by atoms with Gasteiger partial charge in [0.2, 0.25) is 0 Å². The molecule has 19 heavy (non-hydrogen) atoms. The highest BCUT2D eigenvalue weighted by atomic mass is 16.6. The molecule has 4 nitrogen and oxygen atoms in total. The molecule has 1 aromatic rings. The Balaban J connectivity index is 1.69. The molecule has 0 atom stereocenters. The number of hydrogen-bond donors (Lipinski definition) is 0. The lowest BCUT2D eigenvalue weighted by atomic mass is 10.1. The first kappa shape index (κ1) is 14.0. The fraction of sp³-hybridized carbons (Fsp3) is 0.533. The van der Waals surface area contributed by atoms with E-state index < -0.39 is 0 Å². The van der Waals surface area contributed by atoms with E-state index in [4.69, 9.17) is 4.74 Å². The molecule has 1 heterocycles. The molecule has 4 heteroatoms. The number of benzene rings is 1. The number of piperidine rings is 1. The molecular weight excluding hydrogens is 242 g/mol. The van der Waals surface area contributed by atoms with Crippen molar-refractivity contribution in [2.24, 2.45) is 0 Å². The van der Waals surface area contributed by atoms with Crippen molar-refractivity contribution in [2.75, 3.05) is 26.8 Å². The number of hydrogen-bond acceptors (Lipinski definition) is 4. The van der Waals surface area contributed by atoms with Crippen LogP contribution in [-0.2, 0) is 20.8 Å². The van der Waals surface area contributed by atoms with E-state index in [0.29, 0.717) is 0 Å². The Morgan fingerprint density at radius 1 is 1.26 bits per heavy atom. The number of ether oxygens (including phenoxy) is 2. The molecule has 0 amide bonds. The molecule has 1 saturated heterocycles. The van der Waals surface area contributed by atoms with Crippen LogP contribution in [0.3, 0.4) is 0 Å². The van der Waals surface area contributed by atoms with Gasteiger partial charge in [-0.1, -0.05) is 30.3 Å². The Kier molecular flexibility index (Phi) is 5.36. The number of carbonyl (C=O) groups is 1. The number of likely N-dealkylation sites (tertiary alicyclic amines) is 1. The summed E-state index contributed by atoms with van der Waals surface area (Å²) in [4.78, 5) is 13.4. The lowest BCUT2D eigenvalue weighted by molar-refractivity contribution is -0.149. The first-order chi connectivity index (χ1) is 9.28. The van der Waals surface area contributed by atoms with E-state index in [1.165, 1.54) is 12.7 Å². The van der Waals surface area contributed by atoms with Crippen molar-refractivity contribution in [1.29, 1.82) is 0 Å². The molecule has 0 N–H and O–H groups in total. The highest BCUT2D eigenvalue weighted by Crippen LogP contribution is 2.16. The molecule has 1 aliphatic heterocycles. The maximum absolute atomic E-state index is 11.0. The van der Waals surface area contributed by atoms with Crippen LogP contribution in [0.1, 0.15) is 18.4 Å². The predicted molar refractivity (Wildman–Crippen MR) is 72.7 cm³/mol. The van der Waals surface area contributed by atoms with Crippen molar-refractivity contribution in [3.05, 3.63) is 35.9 Å². The van der Waals surface area contributed by atoms with Gasteiger partial charge in [-0.2, -0.15) is 0 Å². The molecule has 1 aromatic carbocycles. The second-order valence-corrected chi connectivity index (χ2v) is 4.85. The molecular formula is C15H21NO3. The van der Waals surface area contributed by atoms with Crippen molar-refractivity contribution in [2.45, 2.75) is 25.5 Å². The van der Waals surface area contributed by atoms with Gasteiger partial charge in [0.05, 0.1) is 13.2 Å². The molecule has 2 rings (SSSR count). The van der Waals surface area contributed by atoms with Crippen LogP contribution in [0.4, 0.5) is 0 Å². The molecule has 1 fully saturated rings. The van der Waals surface area contributed by atoms with E-state index in [0.717, 1.165) is 32.5 Å². The monoisotopic (exact) mass is 263 g/mol. The second kappa shape index (κ2) is 7.26. The van der Waals surface area contributed by atoms with E-state index in [9.17, 15) is 4.79 Å². The maximum atomic E-state index is 11.0. The van der Waals surface area contributed by atoms with E-state index in [-0.39, 0.29) is 18.7 Å². The highest BCUT2D eigenvalue weighted by molar-refractivity contribution is 5.70. The van der Waals surface area contributed by atoms with Crippen LogP contribution in [0.15, 0.2) is 30.3 Å². The summed E-state index contributed by atoms with van der Waals surface area (Å²) in [5, 5.41) is 0. The number of nitrogens with zero attached hydrogens (tertiary/aromatic N) is 1. The smallest absolute Gasteiger partial charge is 0.331 e. The van der Waals surface area contributed by atoms with Gasteiger partial charge in [0.25, 0.3) is 0 Å². The lowest BCUT2D eigenvalue weighted by Gasteiger charge is -2.31. The van der Waals surface area contributed by atoms with E-state index in [2.05, 4.69) is 33.9 Å². The average Bonchev–Trinajstić information content (AvgIpc) is 2.47. The fourth-order valence-electron chi connectivity index (χ4n) is 2.32. The summed E-state index contributed by atoms with van der Waals surface area (Å²) in [6.45, 7) is 3.09. The first-order valence-electron chi connectivity index (χ1n) is 6.72. The molecule has 104 valence electrons. The quantitative estimate of drug-likeness (QED) is 0.760. The molecule has 1 aliphatic rings. The van der Waals surface area contributed by atoms with E-state index in [1.807, 2.05) is 6.07 Å². The van der Waals surface area contributed by atoms with Gasteiger partial charge in [-0.05, 0) is 18.4 Å². The molecule has 0 bridgehead atoms. The first-order valence-corrected chi connectivity index (χ1v) is 6.72. The van der Waals surface area contributed by atoms with Crippen LogP contribution in [0.25, 0.3) is 0 Å². The van der Waals surface area contributed by atoms with Crippen molar-refractivity contribution >= 4 is 5.97 Å². The van der Waals surface area contributed by atoms with Gasteiger partial charge in [-0.15, -0.1) is 0 Å². The zero-order valence-electron chi connectivity index (χ0n) is 11.4. The number of carbonyl (C=O) groups excluding carboxylic acids is 1. The summed E-state index contributed by atoms with van der Waals surface area (Å²) in [6, 6.07) is 10.5. The Bertz CT molecular complexity index is 386. The topological polar surface area (TPSA) is 38.8 Å². The molecule has 0 aromatic heterocycles. The van der Waals surface area contributed by atoms with Crippen LogP contribution >= 0.6 is 0 Å². The van der Waals surface area contributed by atoms with Crippen LogP contribution in [-0.4, -0.2) is 43.8 Å². The highest BCUT2D eigenvalue weighted by Gasteiger charge is 2.20. The van der Waals surface area contributed by atoms with Crippen LogP contribution < -0.4 is 0 Å². The number of esters is 1. The van der Waals surface area contributed by atoms with Gasteiger partial charge in [-0.3, -0.25) is 4.90 Å². The summed E-state index contributed by atoms with van der Waals surface area (Å²) in [5.41, 5.74) is 1.34. The standard InChI is InChI=1S/C15H21NO3/c1-18-15(17)12-19-14-7-9-16(10-8-14)11-13-5-3-2-4-6-13/h2-6,14H,7-12H2,1H3. The molecule has 0 spiro atoms. The summed E-state index contributed by atoms with van der Waals surface area (Å²) >= 11 is 0. The van der Waals surface area contributed by atoms with Crippen LogP contribution in [0.2, 0.25) is 0 Å². The molecule has 0 saturated carbocycles. The Hall–Kier alpha value is -1.39. The maximum Gasteiger partial charge on any atom is 0.331 e. The Morgan fingerprint density at radius 2 is 1.95 bits per heavy atom. The normalized spacial score (nSPS) is 17.3. The lowest BCUT2D eigenvalue weighted by Crippen LogP contribution is -2.37. The minimum atomic E-state index is -0.299. The fourth-order valence-corrected chi connectivity index (χ4v) is 2.32. The van der Waals surface area contributed by atoms with Crippen LogP contribution in [0, 0.1) is 0 Å². The van der Waals surface area contributed by atoms with Gasteiger partial charge in [0, 0.05) is 19.6 Å². The minimum Gasteiger partial charge on any atom is -0.467 e. The minimum absolute atomic E-state index is 0.0693. The Morgan fingerprint density at radius 3 is 2.58 bits per heavy atom. The molecule has 0 radical (unpaired) electrons. The van der Waals surface area contributed by atoms with Crippen LogP contribution in [0.5, 0.6) is 0 Å². The SMILES string of the molecule is COC(=O)COC1CCN(Cc2ccccc2)CC1. The van der Waals surface area contributed by atoms with Crippen molar-refractivity contribution < 1.29 is 14.3 Å². The van der Waals surface area contributed by atoms with Gasteiger partial charge in [0.15, 0.2) is 0 Å². The van der Waals surface area contributed by atoms with Crippen molar-refractivity contribution in [1.82, 2.24) is 4.90 Å². The number of methoxy groups -OCH3 is 1. The summed E-state index contributed by atoms with van der Waals surface area (Å²) < 4.78 is 10.1. The Labute approximate surface area is 114 Å². The van der Waals surface area contributed by atoms with Crippen molar-refractivity contribution in [3.8, 4) is 0 Å². The third-order valence-electron chi connectivity index (χ3n) is 3.45. The van der Waals surface area contributed by atoms with E-state index in [1.54, 1.807) is 0 Å². The van der Waals surface area contributed by atoms with Crippen molar-refractivity contribution in [3.63, 3.8) is 0 Å². The van der Waals surface area contributed by atoms with Gasteiger partial charge in [0.1, 0.15) is 6.61 Å². The van der Waals surface area contributed by atoms with Gasteiger partial charge >= 0.3 is 5.97 Å². The molecule has 0 unspecified atom stereocenters.